The maximum absolute atomic E-state index is 12.2. The molecule has 0 heterocycles. The molecule has 0 aliphatic heterocycles. The Morgan fingerprint density at radius 3 is 1.50 bits per heavy atom. The number of phosphoric ester groups is 1. The Labute approximate surface area is 112 Å². The molecule has 0 aromatic rings. The van der Waals surface area contributed by atoms with E-state index in [9.17, 15) is 4.57 Å². The van der Waals surface area contributed by atoms with E-state index in [0.29, 0.717) is 0 Å². The molecular formula is C10H25O6PSi. The first-order chi connectivity index (χ1) is 8.10. The number of hydrogen-bond donors (Lipinski definition) is 0. The molecule has 0 saturated carbocycles. The van der Waals surface area contributed by atoms with Crippen molar-refractivity contribution < 1.29 is 27.3 Å². The van der Waals surface area contributed by atoms with Crippen molar-refractivity contribution in [3.05, 3.63) is 0 Å². The molecule has 0 N–H and O–H groups in total. The molecule has 0 saturated heterocycles. The van der Waals surface area contributed by atoms with Gasteiger partial charge >= 0.3 is 7.82 Å². The quantitative estimate of drug-likeness (QED) is 0.472. The third-order valence-corrected chi connectivity index (χ3v) is 5.15. The van der Waals surface area contributed by atoms with E-state index in [-0.39, 0.29) is 23.7 Å². The van der Waals surface area contributed by atoms with Gasteiger partial charge in [-0.15, -0.1) is 0 Å². The highest BCUT2D eigenvalue weighted by molar-refractivity contribution is 7.49. The molecule has 0 aliphatic rings. The SMILES string of the molecule is COC(C)(C)COP(=O)(O[SiH3])OCC(C)(C)OC. The van der Waals surface area contributed by atoms with Crippen molar-refractivity contribution in [1.82, 2.24) is 0 Å². The Morgan fingerprint density at radius 1 is 0.944 bits per heavy atom. The lowest BCUT2D eigenvalue weighted by Crippen LogP contribution is -2.31. The van der Waals surface area contributed by atoms with Gasteiger partial charge < -0.3 is 13.7 Å². The molecule has 0 unspecified atom stereocenters. The van der Waals surface area contributed by atoms with Gasteiger partial charge in [0, 0.05) is 14.2 Å². The van der Waals surface area contributed by atoms with Crippen molar-refractivity contribution in [2.75, 3.05) is 27.4 Å². The zero-order valence-corrected chi connectivity index (χ0v) is 15.2. The van der Waals surface area contributed by atoms with Crippen molar-refractivity contribution in [1.29, 1.82) is 0 Å². The molecule has 0 bridgehead atoms. The van der Waals surface area contributed by atoms with Crippen LogP contribution < -0.4 is 0 Å². The third-order valence-electron chi connectivity index (χ3n) is 2.47. The van der Waals surface area contributed by atoms with E-state index in [2.05, 4.69) is 0 Å². The molecule has 110 valence electrons. The highest BCUT2D eigenvalue weighted by atomic mass is 31.2. The van der Waals surface area contributed by atoms with E-state index in [1.165, 1.54) is 0 Å². The Morgan fingerprint density at radius 2 is 1.28 bits per heavy atom. The standard InChI is InChI=1S/C10H25O6PSi/c1-9(2,12-5)7-14-17(11,16-18)15-8-10(3,4)13-6/h7-8H2,1-6,18H3. The lowest BCUT2D eigenvalue weighted by molar-refractivity contribution is -0.0414. The summed E-state index contributed by atoms with van der Waals surface area (Å²) < 4.78 is 37.9. The fraction of sp³-hybridized carbons (Fsp3) is 1.00. The van der Waals surface area contributed by atoms with Crippen LogP contribution in [-0.2, 0) is 27.3 Å². The minimum absolute atomic E-state index is 0.121. The van der Waals surface area contributed by atoms with Crippen LogP contribution in [0.25, 0.3) is 0 Å². The molecule has 0 aromatic carbocycles. The van der Waals surface area contributed by atoms with Gasteiger partial charge in [0.1, 0.15) is 0 Å². The van der Waals surface area contributed by atoms with Crippen molar-refractivity contribution in [3.8, 4) is 0 Å². The molecule has 8 heteroatoms. The van der Waals surface area contributed by atoms with Crippen LogP contribution in [0.15, 0.2) is 0 Å². The number of phosphoric acid groups is 1. The zero-order valence-electron chi connectivity index (χ0n) is 12.3. The van der Waals surface area contributed by atoms with Crippen molar-refractivity contribution in [3.63, 3.8) is 0 Å². The molecule has 0 aromatic heterocycles. The third kappa shape index (κ3) is 6.99. The second kappa shape index (κ2) is 7.14. The molecule has 18 heavy (non-hydrogen) atoms. The zero-order chi connectivity index (χ0) is 14.4. The van der Waals surface area contributed by atoms with E-state index >= 15 is 0 Å². The molecule has 6 nitrogen and oxygen atoms in total. The largest absolute Gasteiger partial charge is 0.464 e. The minimum Gasteiger partial charge on any atom is -0.376 e. The van der Waals surface area contributed by atoms with Crippen molar-refractivity contribution >= 4 is 18.3 Å². The highest BCUT2D eigenvalue weighted by Crippen LogP contribution is 2.49. The predicted octanol–water partition coefficient (Wildman–Crippen LogP) is 1.27. The van der Waals surface area contributed by atoms with Crippen LogP contribution in [0.1, 0.15) is 27.7 Å². The van der Waals surface area contributed by atoms with E-state index in [0.717, 1.165) is 0 Å². The Balaban J connectivity index is 4.41. The maximum atomic E-state index is 12.2. The Kier molecular flexibility index (Phi) is 7.24. The summed E-state index contributed by atoms with van der Waals surface area (Å²) in [4.78, 5) is 0. The van der Waals surface area contributed by atoms with Crippen LogP contribution in [0.4, 0.5) is 0 Å². The molecule has 0 fully saturated rings. The molecule has 0 radical (unpaired) electrons. The van der Waals surface area contributed by atoms with Gasteiger partial charge in [0.25, 0.3) is 0 Å². The van der Waals surface area contributed by atoms with Crippen LogP contribution in [0, 0.1) is 0 Å². The topological polar surface area (TPSA) is 63.2 Å². The number of ether oxygens (including phenoxy) is 2. The van der Waals surface area contributed by atoms with Crippen LogP contribution in [-0.4, -0.2) is 49.1 Å². The average Bonchev–Trinajstić information content (AvgIpc) is 2.34. The number of hydrogen-bond acceptors (Lipinski definition) is 6. The summed E-state index contributed by atoms with van der Waals surface area (Å²) in [6, 6.07) is 0. The summed E-state index contributed by atoms with van der Waals surface area (Å²) in [6.07, 6.45) is 0. The Hall–Kier alpha value is 0.247. The fourth-order valence-electron chi connectivity index (χ4n) is 0.730. The summed E-state index contributed by atoms with van der Waals surface area (Å²) >= 11 is 0. The minimum atomic E-state index is -3.52. The van der Waals surface area contributed by atoms with Gasteiger partial charge in [-0.2, -0.15) is 0 Å². The van der Waals surface area contributed by atoms with Gasteiger partial charge in [0.2, 0.25) is 0 Å². The molecule has 0 amide bonds. The summed E-state index contributed by atoms with van der Waals surface area (Å²) in [5.74, 6) is 0. The van der Waals surface area contributed by atoms with Crippen LogP contribution in [0.2, 0.25) is 0 Å². The van der Waals surface area contributed by atoms with Gasteiger partial charge in [-0.3, -0.25) is 9.05 Å². The summed E-state index contributed by atoms with van der Waals surface area (Å²) in [6.45, 7) is 7.53. The number of rotatable bonds is 9. The molecule has 0 aliphatic carbocycles. The van der Waals surface area contributed by atoms with Crippen molar-refractivity contribution in [2.24, 2.45) is 0 Å². The van der Waals surface area contributed by atoms with Crippen LogP contribution in [0.3, 0.4) is 0 Å². The maximum Gasteiger partial charge on any atom is 0.464 e. The monoisotopic (exact) mass is 300 g/mol. The summed E-state index contributed by atoms with van der Waals surface area (Å²) in [7, 11) is -0.140. The van der Waals surface area contributed by atoms with Crippen molar-refractivity contribution in [2.45, 2.75) is 38.9 Å². The molecule has 0 rings (SSSR count). The predicted molar refractivity (Wildman–Crippen MR) is 72.7 cm³/mol. The summed E-state index contributed by atoms with van der Waals surface area (Å²) in [5, 5.41) is 0. The van der Waals surface area contributed by atoms with Crippen LogP contribution in [0.5, 0.6) is 0 Å². The Bertz CT molecular complexity index is 270. The van der Waals surface area contributed by atoms with Gasteiger partial charge in [0.05, 0.1) is 24.4 Å². The fourth-order valence-corrected chi connectivity index (χ4v) is 2.59. The average molecular weight is 300 g/mol. The van der Waals surface area contributed by atoms with E-state index in [1.54, 1.807) is 14.2 Å². The first-order valence-corrected chi connectivity index (χ1v) is 7.92. The van der Waals surface area contributed by atoms with Gasteiger partial charge in [-0.1, -0.05) is 0 Å². The second-order valence-corrected chi connectivity index (χ2v) is 7.98. The van der Waals surface area contributed by atoms with Gasteiger partial charge in [-0.05, 0) is 27.7 Å². The second-order valence-electron chi connectivity index (χ2n) is 5.10. The van der Waals surface area contributed by atoms with E-state index < -0.39 is 19.0 Å². The lowest BCUT2D eigenvalue weighted by Gasteiger charge is -2.28. The van der Waals surface area contributed by atoms with E-state index in [4.69, 9.17) is 22.7 Å². The summed E-state index contributed by atoms with van der Waals surface area (Å²) in [5.41, 5.74) is -1.09. The smallest absolute Gasteiger partial charge is 0.376 e. The van der Waals surface area contributed by atoms with E-state index in [1.807, 2.05) is 27.7 Å². The highest BCUT2D eigenvalue weighted by Gasteiger charge is 2.31. The normalized spacial score (nSPS) is 14.1. The van der Waals surface area contributed by atoms with Crippen LogP contribution >= 0.6 is 7.82 Å². The first-order valence-electron chi connectivity index (χ1n) is 5.65. The van der Waals surface area contributed by atoms with Gasteiger partial charge in [0.15, 0.2) is 10.5 Å². The molecule has 0 spiro atoms. The lowest BCUT2D eigenvalue weighted by atomic mass is 10.2. The molecular weight excluding hydrogens is 275 g/mol. The first kappa shape index (κ1) is 18.2. The number of methoxy groups -OCH3 is 2. The molecule has 0 atom stereocenters. The van der Waals surface area contributed by atoms with Gasteiger partial charge in [-0.25, -0.2) is 4.57 Å².